The Balaban J connectivity index is 2.77. The van der Waals surface area contributed by atoms with Gasteiger partial charge in [-0.25, -0.2) is 10.2 Å². The van der Waals surface area contributed by atoms with Crippen molar-refractivity contribution in [3.8, 4) is 11.5 Å². The number of nitrogens with two attached hydrogens (primary N) is 1. The van der Waals surface area contributed by atoms with E-state index >= 15 is 0 Å². The second kappa shape index (κ2) is 7.25. The van der Waals surface area contributed by atoms with E-state index in [1.54, 1.807) is 19.2 Å². The van der Waals surface area contributed by atoms with Gasteiger partial charge >= 0.3 is 6.03 Å². The maximum Gasteiger partial charge on any atom is 0.332 e. The Hall–Kier alpha value is -2.24. The molecule has 1 aromatic rings. The van der Waals surface area contributed by atoms with Gasteiger partial charge < -0.3 is 15.2 Å². The van der Waals surface area contributed by atoms with E-state index in [0.717, 1.165) is 5.56 Å². The van der Waals surface area contributed by atoms with Gasteiger partial charge in [0.25, 0.3) is 0 Å². The summed E-state index contributed by atoms with van der Waals surface area (Å²) in [6.07, 6.45) is 1.47. The summed E-state index contributed by atoms with van der Waals surface area (Å²) in [7, 11) is 1.57. The molecule has 0 spiro atoms. The molecule has 1 aromatic carbocycles. The molecule has 0 aliphatic carbocycles. The zero-order valence-corrected chi connectivity index (χ0v) is 11.3. The van der Waals surface area contributed by atoms with Gasteiger partial charge in [-0.1, -0.05) is 13.8 Å². The molecular formula is C13H19N3O3. The fourth-order valence-electron chi connectivity index (χ4n) is 1.31. The number of hydrogen-bond donors (Lipinski definition) is 2. The minimum absolute atomic E-state index is 0.436. The van der Waals surface area contributed by atoms with Crippen LogP contribution in [0.4, 0.5) is 4.79 Å². The van der Waals surface area contributed by atoms with Crippen LogP contribution in [-0.4, -0.2) is 26.0 Å². The van der Waals surface area contributed by atoms with Crippen LogP contribution in [0.3, 0.4) is 0 Å². The molecule has 0 fully saturated rings. The first-order chi connectivity index (χ1) is 9.02. The van der Waals surface area contributed by atoms with Crippen molar-refractivity contribution in [1.82, 2.24) is 5.43 Å². The number of nitrogens with one attached hydrogen (secondary N) is 1. The Morgan fingerprint density at radius 2 is 2.21 bits per heavy atom. The van der Waals surface area contributed by atoms with Gasteiger partial charge in [0.1, 0.15) is 0 Å². The summed E-state index contributed by atoms with van der Waals surface area (Å²) < 4.78 is 10.9. The van der Waals surface area contributed by atoms with E-state index in [-0.39, 0.29) is 0 Å². The fraction of sp³-hybridized carbons (Fsp3) is 0.385. The molecule has 0 aliphatic heterocycles. The fourth-order valence-corrected chi connectivity index (χ4v) is 1.31. The molecule has 0 bridgehead atoms. The largest absolute Gasteiger partial charge is 0.493 e. The summed E-state index contributed by atoms with van der Waals surface area (Å²) in [4.78, 5) is 10.5. The molecule has 6 nitrogen and oxygen atoms in total. The summed E-state index contributed by atoms with van der Waals surface area (Å²) in [5, 5.41) is 3.67. The first-order valence-corrected chi connectivity index (χ1v) is 5.92. The zero-order chi connectivity index (χ0) is 14.3. The molecule has 0 saturated carbocycles. The second-order valence-electron chi connectivity index (χ2n) is 4.35. The van der Waals surface area contributed by atoms with Crippen molar-refractivity contribution < 1.29 is 14.3 Å². The van der Waals surface area contributed by atoms with Crippen molar-refractivity contribution in [3.05, 3.63) is 23.8 Å². The second-order valence-corrected chi connectivity index (χ2v) is 4.35. The molecule has 6 heteroatoms. The highest BCUT2D eigenvalue weighted by Crippen LogP contribution is 2.27. The first-order valence-electron chi connectivity index (χ1n) is 5.92. The van der Waals surface area contributed by atoms with Gasteiger partial charge in [0.15, 0.2) is 11.5 Å². The molecule has 0 aromatic heterocycles. The molecule has 0 aliphatic rings. The summed E-state index contributed by atoms with van der Waals surface area (Å²) in [6.45, 7) is 4.76. The highest BCUT2D eigenvalue weighted by atomic mass is 16.5. The molecular weight excluding hydrogens is 246 g/mol. The van der Waals surface area contributed by atoms with Gasteiger partial charge in [0.2, 0.25) is 0 Å². The third-order valence-corrected chi connectivity index (χ3v) is 2.15. The lowest BCUT2D eigenvalue weighted by Crippen LogP contribution is -2.24. The van der Waals surface area contributed by atoms with Crippen LogP contribution in [0.5, 0.6) is 11.5 Å². The van der Waals surface area contributed by atoms with Crippen molar-refractivity contribution in [2.24, 2.45) is 16.8 Å². The zero-order valence-electron chi connectivity index (χ0n) is 11.3. The van der Waals surface area contributed by atoms with E-state index in [0.29, 0.717) is 24.0 Å². The minimum Gasteiger partial charge on any atom is -0.493 e. The number of carbonyl (C=O) groups excluding carboxylic acids is 1. The lowest BCUT2D eigenvalue weighted by atomic mass is 10.2. The molecule has 3 N–H and O–H groups in total. The van der Waals surface area contributed by atoms with Gasteiger partial charge in [-0.05, 0) is 29.7 Å². The number of hydrazone groups is 1. The van der Waals surface area contributed by atoms with E-state index in [1.165, 1.54) is 6.21 Å². The average molecular weight is 265 g/mol. The van der Waals surface area contributed by atoms with Crippen LogP contribution < -0.4 is 20.6 Å². The van der Waals surface area contributed by atoms with E-state index < -0.39 is 6.03 Å². The summed E-state index contributed by atoms with van der Waals surface area (Å²) in [6, 6.07) is 4.67. The van der Waals surface area contributed by atoms with Gasteiger partial charge in [-0.15, -0.1) is 0 Å². The predicted molar refractivity (Wildman–Crippen MR) is 73.6 cm³/mol. The van der Waals surface area contributed by atoms with Crippen molar-refractivity contribution in [2.45, 2.75) is 13.8 Å². The summed E-state index contributed by atoms with van der Waals surface area (Å²) in [5.74, 6) is 1.73. The average Bonchev–Trinajstić information content (AvgIpc) is 2.36. The Morgan fingerprint density at radius 3 is 2.79 bits per heavy atom. The summed E-state index contributed by atoms with van der Waals surface area (Å²) in [5.41, 5.74) is 7.78. The standard InChI is InChI=1S/C13H19N3O3/c1-9(2)8-19-11-5-4-10(6-12(11)18-3)7-15-16-13(14)17/h4-7,9H,8H2,1-3H3,(H3,14,16,17)/b15-7-. The number of rotatable bonds is 6. The van der Waals surface area contributed by atoms with Crippen molar-refractivity contribution >= 4 is 12.2 Å². The molecule has 0 radical (unpaired) electrons. The smallest absolute Gasteiger partial charge is 0.332 e. The van der Waals surface area contributed by atoms with Crippen LogP contribution in [0.25, 0.3) is 0 Å². The highest BCUT2D eigenvalue weighted by Gasteiger charge is 2.06. The molecule has 1 rings (SSSR count). The van der Waals surface area contributed by atoms with Gasteiger partial charge in [-0.2, -0.15) is 5.10 Å². The number of urea groups is 1. The van der Waals surface area contributed by atoms with Gasteiger partial charge in [0, 0.05) is 0 Å². The molecule has 0 atom stereocenters. The number of hydrogen-bond acceptors (Lipinski definition) is 4. The minimum atomic E-state index is -0.708. The number of amides is 2. The van der Waals surface area contributed by atoms with Crippen molar-refractivity contribution in [2.75, 3.05) is 13.7 Å². The highest BCUT2D eigenvalue weighted by molar-refractivity contribution is 5.82. The normalized spacial score (nSPS) is 10.7. The SMILES string of the molecule is COc1cc(/C=N\NC(N)=O)ccc1OCC(C)C. The predicted octanol–water partition coefficient (Wildman–Crippen LogP) is 1.73. The van der Waals surface area contributed by atoms with Crippen LogP contribution in [0.15, 0.2) is 23.3 Å². The lowest BCUT2D eigenvalue weighted by molar-refractivity contribution is 0.249. The van der Waals surface area contributed by atoms with Crippen molar-refractivity contribution in [1.29, 1.82) is 0 Å². The number of nitrogens with zero attached hydrogens (tertiary/aromatic N) is 1. The monoisotopic (exact) mass is 265 g/mol. The molecule has 0 unspecified atom stereocenters. The Kier molecular flexibility index (Phi) is 5.66. The molecule has 0 heterocycles. The first kappa shape index (κ1) is 14.8. The topological polar surface area (TPSA) is 85.9 Å². The van der Waals surface area contributed by atoms with Crippen LogP contribution in [0.1, 0.15) is 19.4 Å². The summed E-state index contributed by atoms with van der Waals surface area (Å²) >= 11 is 0. The van der Waals surface area contributed by atoms with Crippen LogP contribution in [0, 0.1) is 5.92 Å². The number of carbonyl (C=O) groups is 1. The number of methoxy groups -OCH3 is 1. The molecule has 19 heavy (non-hydrogen) atoms. The molecule has 0 saturated heterocycles. The molecule has 2 amide bonds. The maximum atomic E-state index is 10.5. The van der Waals surface area contributed by atoms with Gasteiger partial charge in [-0.3, -0.25) is 0 Å². The van der Waals surface area contributed by atoms with E-state index in [9.17, 15) is 4.79 Å². The van der Waals surface area contributed by atoms with E-state index in [2.05, 4.69) is 24.4 Å². The Labute approximate surface area is 112 Å². The quantitative estimate of drug-likeness (QED) is 0.606. The van der Waals surface area contributed by atoms with Gasteiger partial charge in [0.05, 0.1) is 19.9 Å². The van der Waals surface area contributed by atoms with Crippen molar-refractivity contribution in [3.63, 3.8) is 0 Å². The van der Waals surface area contributed by atoms with Crippen LogP contribution >= 0.6 is 0 Å². The third kappa shape index (κ3) is 5.29. The third-order valence-electron chi connectivity index (χ3n) is 2.15. The number of primary amides is 1. The maximum absolute atomic E-state index is 10.5. The Morgan fingerprint density at radius 1 is 1.47 bits per heavy atom. The van der Waals surface area contributed by atoms with Crippen LogP contribution in [0.2, 0.25) is 0 Å². The van der Waals surface area contributed by atoms with E-state index in [1.807, 2.05) is 6.07 Å². The van der Waals surface area contributed by atoms with E-state index in [4.69, 9.17) is 15.2 Å². The molecule has 104 valence electrons. The van der Waals surface area contributed by atoms with Crippen LogP contribution in [-0.2, 0) is 0 Å². The Bertz CT molecular complexity index is 458. The number of ether oxygens (including phenoxy) is 2. The number of benzene rings is 1. The lowest BCUT2D eigenvalue weighted by Gasteiger charge is -2.12.